The number of nitrogens with two attached hydrogens (primary N) is 1. The van der Waals surface area contributed by atoms with Crippen LogP contribution in [-0.2, 0) is 21.4 Å². The molecule has 7 nitrogen and oxygen atoms in total. The molecular formula is C16H14ClN3O4S. The number of aryl methyl sites for hydroxylation is 1. The van der Waals surface area contributed by atoms with Gasteiger partial charge in [-0.15, -0.1) is 0 Å². The van der Waals surface area contributed by atoms with Gasteiger partial charge in [0.05, 0.1) is 21.2 Å². The predicted molar refractivity (Wildman–Crippen MR) is 91.9 cm³/mol. The molecule has 130 valence electrons. The first kappa shape index (κ1) is 17.4. The van der Waals surface area contributed by atoms with Crippen molar-refractivity contribution in [2.45, 2.75) is 18.4 Å². The molecule has 2 aromatic heterocycles. The first-order chi connectivity index (χ1) is 11.8. The number of hydrogen-bond acceptors (Lipinski definition) is 5. The number of hydrogen-bond donors (Lipinski definition) is 1. The third kappa shape index (κ3) is 3.65. The number of imidazole rings is 1. The lowest BCUT2D eigenvalue weighted by Crippen LogP contribution is -2.14. The number of esters is 1. The van der Waals surface area contributed by atoms with Crippen LogP contribution < -0.4 is 5.14 Å². The van der Waals surface area contributed by atoms with Crippen LogP contribution in [0.2, 0.25) is 5.02 Å². The molecule has 3 rings (SSSR count). The van der Waals surface area contributed by atoms with Gasteiger partial charge in [-0.3, -0.25) is 0 Å². The van der Waals surface area contributed by atoms with Gasteiger partial charge in [0, 0.05) is 12.4 Å². The molecule has 0 aliphatic carbocycles. The summed E-state index contributed by atoms with van der Waals surface area (Å²) in [6.45, 7) is 1.85. The van der Waals surface area contributed by atoms with Crippen molar-refractivity contribution in [3.8, 4) is 0 Å². The zero-order chi connectivity index (χ0) is 18.2. The zero-order valence-corrected chi connectivity index (χ0v) is 14.7. The highest BCUT2D eigenvalue weighted by molar-refractivity contribution is 7.89. The Morgan fingerprint density at radius 1 is 1.36 bits per heavy atom. The molecule has 3 aromatic rings. The van der Waals surface area contributed by atoms with Gasteiger partial charge in [-0.25, -0.2) is 23.3 Å². The van der Waals surface area contributed by atoms with Gasteiger partial charge in [0.15, 0.2) is 0 Å². The summed E-state index contributed by atoms with van der Waals surface area (Å²) >= 11 is 5.95. The quantitative estimate of drug-likeness (QED) is 0.700. The topological polar surface area (TPSA) is 104 Å². The van der Waals surface area contributed by atoms with Crippen molar-refractivity contribution in [2.24, 2.45) is 5.14 Å². The highest BCUT2D eigenvalue weighted by Gasteiger charge is 2.17. The number of aromatic nitrogens is 2. The van der Waals surface area contributed by atoms with Crippen LogP contribution in [0.5, 0.6) is 0 Å². The van der Waals surface area contributed by atoms with Crippen molar-refractivity contribution in [3.05, 3.63) is 64.6 Å². The molecule has 0 aliphatic heterocycles. The molecule has 9 heteroatoms. The molecule has 0 bridgehead atoms. The van der Waals surface area contributed by atoms with E-state index in [1.165, 1.54) is 12.1 Å². The van der Waals surface area contributed by atoms with Crippen molar-refractivity contribution in [1.29, 1.82) is 0 Å². The molecule has 0 unspecified atom stereocenters. The van der Waals surface area contributed by atoms with Crippen molar-refractivity contribution in [2.75, 3.05) is 0 Å². The van der Waals surface area contributed by atoms with Gasteiger partial charge in [0.2, 0.25) is 10.0 Å². The Hall–Kier alpha value is -2.42. The molecular weight excluding hydrogens is 366 g/mol. The molecule has 2 heterocycles. The van der Waals surface area contributed by atoms with E-state index in [1.54, 1.807) is 6.20 Å². The largest absolute Gasteiger partial charge is 0.455 e. The minimum Gasteiger partial charge on any atom is -0.455 e. The van der Waals surface area contributed by atoms with Gasteiger partial charge in [0.1, 0.15) is 12.3 Å². The van der Waals surface area contributed by atoms with Gasteiger partial charge in [0.25, 0.3) is 0 Å². The number of nitrogens with zero attached hydrogens (tertiary/aromatic N) is 2. The summed E-state index contributed by atoms with van der Waals surface area (Å²) in [6, 6.07) is 7.41. The number of carbonyl (C=O) groups is 1. The highest BCUT2D eigenvalue weighted by atomic mass is 35.5. The number of halogens is 1. The predicted octanol–water partition coefficient (Wildman–Crippen LogP) is 2.30. The van der Waals surface area contributed by atoms with Crippen molar-refractivity contribution in [3.63, 3.8) is 0 Å². The van der Waals surface area contributed by atoms with E-state index < -0.39 is 16.0 Å². The number of benzene rings is 1. The number of rotatable bonds is 4. The van der Waals surface area contributed by atoms with E-state index in [4.69, 9.17) is 21.5 Å². The third-order valence-corrected chi connectivity index (χ3v) is 4.81. The summed E-state index contributed by atoms with van der Waals surface area (Å²) in [6.07, 6.45) is 3.59. The molecule has 1 aromatic carbocycles. The fraction of sp³-hybridized carbons (Fsp3) is 0.125. The van der Waals surface area contributed by atoms with Crippen LogP contribution in [-0.4, -0.2) is 23.8 Å². The molecule has 0 fully saturated rings. The highest BCUT2D eigenvalue weighted by Crippen LogP contribution is 2.21. The Morgan fingerprint density at radius 3 is 2.80 bits per heavy atom. The maximum absolute atomic E-state index is 12.2. The second-order valence-corrected chi connectivity index (χ2v) is 7.39. The van der Waals surface area contributed by atoms with Gasteiger partial charge in [-0.05, 0) is 36.8 Å². The van der Waals surface area contributed by atoms with E-state index in [-0.39, 0.29) is 22.1 Å². The van der Waals surface area contributed by atoms with Gasteiger partial charge >= 0.3 is 5.97 Å². The van der Waals surface area contributed by atoms with E-state index in [2.05, 4.69) is 4.98 Å². The molecule has 0 saturated carbocycles. The van der Waals surface area contributed by atoms with E-state index in [0.717, 1.165) is 17.3 Å². The number of pyridine rings is 1. The minimum atomic E-state index is -3.95. The average Bonchev–Trinajstić information content (AvgIpc) is 2.96. The second-order valence-electron chi connectivity index (χ2n) is 5.42. The summed E-state index contributed by atoms with van der Waals surface area (Å²) < 4.78 is 29.8. The standard InChI is InChI=1S/C16H14ClN3O4S/c1-10-3-2-6-20-8-11(19-15(10)20)9-24-16(21)13-7-12(25(18,22)23)4-5-14(13)17/h2-8H,9H2,1H3,(H2,18,22,23). The smallest absolute Gasteiger partial charge is 0.340 e. The molecule has 0 amide bonds. The van der Waals surface area contributed by atoms with E-state index in [1.807, 2.05) is 29.7 Å². The summed E-state index contributed by atoms with van der Waals surface area (Å²) in [5.41, 5.74) is 2.24. The normalized spacial score (nSPS) is 11.6. The van der Waals surface area contributed by atoms with E-state index >= 15 is 0 Å². The van der Waals surface area contributed by atoms with Crippen molar-refractivity contribution in [1.82, 2.24) is 9.38 Å². The third-order valence-electron chi connectivity index (χ3n) is 3.57. The lowest BCUT2D eigenvalue weighted by atomic mass is 10.2. The van der Waals surface area contributed by atoms with Crippen LogP contribution in [0.15, 0.2) is 47.6 Å². The Kier molecular flexibility index (Phi) is 4.51. The van der Waals surface area contributed by atoms with Crippen LogP contribution in [0.4, 0.5) is 0 Å². The van der Waals surface area contributed by atoms with Crippen LogP contribution in [0, 0.1) is 6.92 Å². The Bertz CT molecular complexity index is 1080. The number of sulfonamides is 1. The fourth-order valence-electron chi connectivity index (χ4n) is 2.33. The van der Waals surface area contributed by atoms with Crippen LogP contribution in [0.25, 0.3) is 5.65 Å². The lowest BCUT2D eigenvalue weighted by Gasteiger charge is -2.06. The molecule has 0 radical (unpaired) electrons. The summed E-state index contributed by atoms with van der Waals surface area (Å²) in [4.78, 5) is 16.4. The number of carbonyl (C=O) groups excluding carboxylic acids is 1. The molecule has 0 spiro atoms. The van der Waals surface area contributed by atoms with Crippen molar-refractivity contribution < 1.29 is 17.9 Å². The first-order valence-corrected chi connectivity index (χ1v) is 9.11. The molecule has 25 heavy (non-hydrogen) atoms. The number of primary sulfonamides is 1. The number of fused-ring (bicyclic) bond motifs is 1. The van der Waals surface area contributed by atoms with E-state index in [9.17, 15) is 13.2 Å². The Labute approximate surface area is 149 Å². The van der Waals surface area contributed by atoms with Gasteiger partial charge < -0.3 is 9.14 Å². The number of ether oxygens (including phenoxy) is 1. The monoisotopic (exact) mass is 379 g/mol. The summed E-state index contributed by atoms with van der Waals surface area (Å²) in [5.74, 6) is -0.760. The SMILES string of the molecule is Cc1cccn2cc(COC(=O)c3cc(S(N)(=O)=O)ccc3Cl)nc12. The maximum Gasteiger partial charge on any atom is 0.340 e. The molecule has 0 atom stereocenters. The van der Waals surface area contributed by atoms with Crippen LogP contribution in [0.1, 0.15) is 21.6 Å². The lowest BCUT2D eigenvalue weighted by molar-refractivity contribution is 0.0468. The average molecular weight is 380 g/mol. The summed E-state index contributed by atoms with van der Waals surface area (Å²) in [7, 11) is -3.95. The maximum atomic E-state index is 12.2. The zero-order valence-electron chi connectivity index (χ0n) is 13.1. The Balaban J connectivity index is 1.81. The van der Waals surface area contributed by atoms with Gasteiger partial charge in [-0.1, -0.05) is 17.7 Å². The van der Waals surface area contributed by atoms with E-state index in [0.29, 0.717) is 5.69 Å². The molecule has 0 saturated heterocycles. The summed E-state index contributed by atoms with van der Waals surface area (Å²) in [5, 5.41) is 5.13. The second kappa shape index (κ2) is 6.47. The molecule has 2 N–H and O–H groups in total. The molecule has 0 aliphatic rings. The first-order valence-electron chi connectivity index (χ1n) is 7.18. The van der Waals surface area contributed by atoms with Crippen LogP contribution in [0.3, 0.4) is 0 Å². The Morgan fingerprint density at radius 2 is 2.12 bits per heavy atom. The van der Waals surface area contributed by atoms with Crippen LogP contribution >= 0.6 is 11.6 Å². The minimum absolute atomic E-state index is 0.0724. The van der Waals surface area contributed by atoms with Gasteiger partial charge in [-0.2, -0.15) is 0 Å². The van der Waals surface area contributed by atoms with Crippen molar-refractivity contribution >= 4 is 33.2 Å². The fourth-order valence-corrected chi connectivity index (χ4v) is 3.06.